The molecule has 2 aromatic rings. The lowest BCUT2D eigenvalue weighted by Crippen LogP contribution is -2.50. The van der Waals surface area contributed by atoms with Gasteiger partial charge in [0.05, 0.1) is 19.2 Å². The molecular weight excluding hydrogens is 352 g/mol. The molecule has 5 nitrogen and oxygen atoms in total. The second-order valence-electron chi connectivity index (χ2n) is 8.31. The lowest BCUT2D eigenvalue weighted by atomic mass is 9.86. The number of Topliss-reactive ketones (excluding diaryl/α,β-unsaturated/α-hetero) is 1. The summed E-state index contributed by atoms with van der Waals surface area (Å²) in [6.07, 6.45) is 3.72. The van der Waals surface area contributed by atoms with Crippen LogP contribution >= 0.6 is 0 Å². The Labute approximate surface area is 167 Å². The van der Waals surface area contributed by atoms with Crippen molar-refractivity contribution in [1.82, 2.24) is 9.88 Å². The maximum absolute atomic E-state index is 13.1. The van der Waals surface area contributed by atoms with E-state index in [2.05, 4.69) is 31.8 Å². The Morgan fingerprint density at radius 3 is 2.68 bits per heavy atom. The summed E-state index contributed by atoms with van der Waals surface area (Å²) >= 11 is 0. The van der Waals surface area contributed by atoms with Gasteiger partial charge in [0.15, 0.2) is 5.78 Å². The maximum Gasteiger partial charge on any atom is 0.223 e. The Bertz CT molecular complexity index is 868. The second kappa shape index (κ2) is 8.38. The van der Waals surface area contributed by atoms with E-state index in [1.807, 2.05) is 17.0 Å². The Morgan fingerprint density at radius 1 is 1.32 bits per heavy atom. The van der Waals surface area contributed by atoms with Gasteiger partial charge < -0.3 is 14.6 Å². The molecular formula is C23H32N2O3. The number of amides is 1. The molecule has 1 N–H and O–H groups in total. The summed E-state index contributed by atoms with van der Waals surface area (Å²) in [5.41, 5.74) is 3.26. The smallest absolute Gasteiger partial charge is 0.223 e. The van der Waals surface area contributed by atoms with Crippen LogP contribution in [0, 0.1) is 5.92 Å². The van der Waals surface area contributed by atoms with Crippen molar-refractivity contribution in [2.45, 2.75) is 71.9 Å². The summed E-state index contributed by atoms with van der Waals surface area (Å²) in [5.74, 6) is 1.36. The first kappa shape index (κ1) is 20.4. The number of carbonyl (C=O) groups is 2. The average molecular weight is 385 g/mol. The van der Waals surface area contributed by atoms with Gasteiger partial charge in [0, 0.05) is 35.5 Å². The normalized spacial score (nSPS) is 19.1. The van der Waals surface area contributed by atoms with E-state index < -0.39 is 0 Å². The number of unbranched alkanes of at least 4 members (excludes halogenated alkanes) is 1. The summed E-state index contributed by atoms with van der Waals surface area (Å²) in [6.45, 7) is 8.02. The number of H-pyrrole nitrogens is 1. The van der Waals surface area contributed by atoms with Crippen LogP contribution < -0.4 is 4.74 Å². The molecule has 1 aliphatic rings. The number of aromatic amines is 1. The number of ketones is 1. The van der Waals surface area contributed by atoms with Gasteiger partial charge in [0.25, 0.3) is 0 Å². The van der Waals surface area contributed by atoms with Crippen LogP contribution in [0.3, 0.4) is 0 Å². The van der Waals surface area contributed by atoms with Crippen LogP contribution in [0.25, 0.3) is 10.9 Å². The van der Waals surface area contributed by atoms with E-state index in [0.29, 0.717) is 18.8 Å². The number of benzene rings is 1. The van der Waals surface area contributed by atoms with E-state index in [4.69, 9.17) is 4.74 Å². The molecule has 0 fully saturated rings. The molecule has 1 amide bonds. The number of aromatic nitrogens is 1. The molecule has 5 heteroatoms. The first-order chi connectivity index (χ1) is 13.4. The summed E-state index contributed by atoms with van der Waals surface area (Å²) < 4.78 is 5.37. The van der Waals surface area contributed by atoms with Gasteiger partial charge in [-0.25, -0.2) is 0 Å². The number of hydrogen-bond acceptors (Lipinski definition) is 3. The molecule has 152 valence electrons. The highest BCUT2D eigenvalue weighted by atomic mass is 16.5. The molecule has 1 aromatic heterocycles. The van der Waals surface area contributed by atoms with Crippen LogP contribution in [0.1, 0.15) is 70.7 Å². The van der Waals surface area contributed by atoms with Crippen molar-refractivity contribution in [3.8, 4) is 5.75 Å². The third kappa shape index (κ3) is 3.80. The zero-order valence-electron chi connectivity index (χ0n) is 17.7. The van der Waals surface area contributed by atoms with E-state index in [9.17, 15) is 9.59 Å². The fourth-order valence-electron chi connectivity index (χ4n) is 4.36. The molecule has 0 saturated carbocycles. The van der Waals surface area contributed by atoms with Crippen molar-refractivity contribution in [2.24, 2.45) is 5.92 Å². The van der Waals surface area contributed by atoms with Crippen LogP contribution in [-0.4, -0.2) is 34.7 Å². The fraction of sp³-hybridized carbons (Fsp3) is 0.565. The lowest BCUT2D eigenvalue weighted by Gasteiger charge is -2.42. The predicted octanol–water partition coefficient (Wildman–Crippen LogP) is 4.80. The van der Waals surface area contributed by atoms with Crippen molar-refractivity contribution in [3.05, 3.63) is 29.5 Å². The molecule has 28 heavy (non-hydrogen) atoms. The zero-order valence-corrected chi connectivity index (χ0v) is 17.7. The molecule has 2 heterocycles. The van der Waals surface area contributed by atoms with Crippen LogP contribution in [0.4, 0.5) is 0 Å². The van der Waals surface area contributed by atoms with E-state index in [1.54, 1.807) is 14.0 Å². The minimum absolute atomic E-state index is 0.0621. The Kier molecular flexibility index (Phi) is 6.11. The molecule has 2 atom stereocenters. The SMILES string of the molecule is CCCCC(=O)N1[C@H](C(C)=O)Cc2c([nH]c3cc(OC)ccc23)[C@@H]1CC(C)C. The number of methoxy groups -OCH3 is 1. The van der Waals surface area contributed by atoms with Gasteiger partial charge in [-0.1, -0.05) is 27.2 Å². The quantitative estimate of drug-likeness (QED) is 0.746. The number of ether oxygens (including phenoxy) is 1. The van der Waals surface area contributed by atoms with Crippen LogP contribution in [-0.2, 0) is 16.0 Å². The van der Waals surface area contributed by atoms with Gasteiger partial charge in [-0.15, -0.1) is 0 Å². The van der Waals surface area contributed by atoms with Crippen molar-refractivity contribution in [3.63, 3.8) is 0 Å². The Balaban J connectivity index is 2.13. The van der Waals surface area contributed by atoms with E-state index in [0.717, 1.165) is 41.6 Å². The highest BCUT2D eigenvalue weighted by molar-refractivity contribution is 5.92. The molecule has 0 unspecified atom stereocenters. The second-order valence-corrected chi connectivity index (χ2v) is 8.31. The first-order valence-corrected chi connectivity index (χ1v) is 10.4. The number of carbonyl (C=O) groups excluding carboxylic acids is 2. The molecule has 1 aliphatic heterocycles. The molecule has 0 radical (unpaired) electrons. The van der Waals surface area contributed by atoms with Crippen molar-refractivity contribution < 1.29 is 14.3 Å². The lowest BCUT2D eigenvalue weighted by molar-refractivity contribution is -0.143. The maximum atomic E-state index is 13.1. The summed E-state index contributed by atoms with van der Waals surface area (Å²) in [6, 6.07) is 5.52. The fourth-order valence-corrected chi connectivity index (χ4v) is 4.36. The van der Waals surface area contributed by atoms with E-state index in [1.165, 1.54) is 5.56 Å². The summed E-state index contributed by atoms with van der Waals surface area (Å²) in [5, 5.41) is 1.12. The van der Waals surface area contributed by atoms with E-state index in [-0.39, 0.29) is 23.8 Å². The zero-order chi connectivity index (χ0) is 20.4. The van der Waals surface area contributed by atoms with Crippen molar-refractivity contribution in [1.29, 1.82) is 0 Å². The number of hydrogen-bond donors (Lipinski definition) is 1. The number of fused-ring (bicyclic) bond motifs is 3. The van der Waals surface area contributed by atoms with E-state index >= 15 is 0 Å². The topological polar surface area (TPSA) is 62.4 Å². The van der Waals surface area contributed by atoms with Crippen LogP contribution in [0.2, 0.25) is 0 Å². The molecule has 0 aliphatic carbocycles. The highest BCUT2D eigenvalue weighted by Crippen LogP contribution is 2.41. The Morgan fingerprint density at radius 2 is 2.07 bits per heavy atom. The standard InChI is InChI=1S/C23H32N2O3/c1-6-7-8-22(27)25-20(15(4)26)13-18-17-10-9-16(28-5)12-19(17)24-23(18)21(25)11-14(2)3/h9-10,12,14,20-21,24H,6-8,11,13H2,1-5H3/t20-,21-/m0/s1. The van der Waals surface area contributed by atoms with Crippen LogP contribution in [0.15, 0.2) is 18.2 Å². The largest absolute Gasteiger partial charge is 0.497 e. The minimum Gasteiger partial charge on any atom is -0.497 e. The van der Waals surface area contributed by atoms with Gasteiger partial charge in [-0.3, -0.25) is 9.59 Å². The predicted molar refractivity (Wildman–Crippen MR) is 112 cm³/mol. The highest BCUT2D eigenvalue weighted by Gasteiger charge is 2.41. The molecule has 0 saturated heterocycles. The monoisotopic (exact) mass is 384 g/mol. The van der Waals surface area contributed by atoms with Gasteiger partial charge in [-0.2, -0.15) is 0 Å². The molecule has 1 aromatic carbocycles. The van der Waals surface area contributed by atoms with Gasteiger partial charge >= 0.3 is 0 Å². The molecule has 0 spiro atoms. The molecule has 0 bridgehead atoms. The summed E-state index contributed by atoms with van der Waals surface area (Å²) in [7, 11) is 1.66. The third-order valence-corrected chi connectivity index (χ3v) is 5.74. The van der Waals surface area contributed by atoms with Gasteiger partial charge in [-0.05, 0) is 43.4 Å². The number of nitrogens with zero attached hydrogens (tertiary/aromatic N) is 1. The summed E-state index contributed by atoms with van der Waals surface area (Å²) in [4.78, 5) is 31.1. The van der Waals surface area contributed by atoms with Crippen LogP contribution in [0.5, 0.6) is 5.75 Å². The minimum atomic E-state index is -0.387. The molecule has 3 rings (SSSR count). The van der Waals surface area contributed by atoms with Gasteiger partial charge in [0.1, 0.15) is 5.75 Å². The Hall–Kier alpha value is -2.30. The third-order valence-electron chi connectivity index (χ3n) is 5.74. The first-order valence-electron chi connectivity index (χ1n) is 10.4. The number of nitrogens with one attached hydrogen (secondary N) is 1. The van der Waals surface area contributed by atoms with Gasteiger partial charge in [0.2, 0.25) is 5.91 Å². The average Bonchev–Trinajstić information content (AvgIpc) is 3.03. The van der Waals surface area contributed by atoms with Crippen molar-refractivity contribution >= 4 is 22.6 Å². The van der Waals surface area contributed by atoms with Crippen molar-refractivity contribution in [2.75, 3.05) is 7.11 Å². The number of rotatable bonds is 7.